The molecule has 1 unspecified atom stereocenters. The molecule has 4 rings (SSSR count). The van der Waals surface area contributed by atoms with E-state index in [9.17, 15) is 14.7 Å². The van der Waals surface area contributed by atoms with Crippen LogP contribution in [0.5, 0.6) is 17.4 Å². The highest BCUT2D eigenvalue weighted by Gasteiger charge is 2.41. The van der Waals surface area contributed by atoms with Gasteiger partial charge in [0, 0.05) is 43.2 Å². The van der Waals surface area contributed by atoms with Crippen molar-refractivity contribution in [2.45, 2.75) is 52.2 Å². The highest BCUT2D eigenvalue weighted by molar-refractivity contribution is 5.88. The maximum absolute atomic E-state index is 13.2. The fourth-order valence-electron chi connectivity index (χ4n) is 4.13. The van der Waals surface area contributed by atoms with Gasteiger partial charge in [-0.25, -0.2) is 9.78 Å². The lowest BCUT2D eigenvalue weighted by Gasteiger charge is -2.37. The number of hydrogen-bond donors (Lipinski definition) is 1. The van der Waals surface area contributed by atoms with E-state index in [1.807, 2.05) is 20.8 Å². The van der Waals surface area contributed by atoms with E-state index >= 15 is 0 Å². The maximum Gasteiger partial charge on any atom is 0.341 e. The smallest absolute Gasteiger partial charge is 0.341 e. The largest absolute Gasteiger partial charge is 0.488 e. The zero-order chi connectivity index (χ0) is 23.9. The molecule has 0 amide bonds. The van der Waals surface area contributed by atoms with Crippen LogP contribution in [0, 0.1) is 5.41 Å². The molecule has 1 saturated carbocycles. The van der Waals surface area contributed by atoms with Gasteiger partial charge >= 0.3 is 5.97 Å². The number of ether oxygens (including phenoxy) is 4. The van der Waals surface area contributed by atoms with Crippen LogP contribution in [-0.2, 0) is 4.74 Å². The van der Waals surface area contributed by atoms with Crippen molar-refractivity contribution in [3.8, 4) is 28.8 Å². The Balaban J connectivity index is 1.93. The molecule has 1 atom stereocenters. The fourth-order valence-corrected chi connectivity index (χ4v) is 4.13. The molecule has 3 heterocycles. The molecule has 1 N–H and O–H groups in total. The molecule has 2 aliphatic rings. The number of rotatable bonds is 8. The van der Waals surface area contributed by atoms with Gasteiger partial charge in [0.25, 0.3) is 11.4 Å². The van der Waals surface area contributed by atoms with E-state index in [0.29, 0.717) is 48.1 Å². The first kappa shape index (κ1) is 23.1. The van der Waals surface area contributed by atoms with E-state index in [1.165, 1.54) is 13.2 Å². The molecule has 0 aromatic carbocycles. The van der Waals surface area contributed by atoms with Gasteiger partial charge < -0.3 is 28.6 Å². The monoisotopic (exact) mass is 458 g/mol. The Hall–Kier alpha value is -3.07. The van der Waals surface area contributed by atoms with Gasteiger partial charge in [-0.05, 0) is 18.9 Å². The van der Waals surface area contributed by atoms with Gasteiger partial charge in [0.2, 0.25) is 0 Å². The van der Waals surface area contributed by atoms with Gasteiger partial charge in [-0.3, -0.25) is 4.79 Å². The summed E-state index contributed by atoms with van der Waals surface area (Å²) in [6, 6.07) is 3.12. The molecular formula is C24H30N2O7. The molecule has 0 spiro atoms. The van der Waals surface area contributed by atoms with Crippen LogP contribution in [0.4, 0.5) is 0 Å². The van der Waals surface area contributed by atoms with E-state index in [1.54, 1.807) is 17.7 Å². The zero-order valence-corrected chi connectivity index (χ0v) is 19.6. The second-order valence-corrected chi connectivity index (χ2v) is 9.47. The van der Waals surface area contributed by atoms with Crippen molar-refractivity contribution in [3.05, 3.63) is 33.6 Å². The third-order valence-corrected chi connectivity index (χ3v) is 5.81. The summed E-state index contributed by atoms with van der Waals surface area (Å²) in [7, 11) is 3.13. The molecule has 0 bridgehead atoms. The Labute approximate surface area is 192 Å². The molecule has 9 nitrogen and oxygen atoms in total. The summed E-state index contributed by atoms with van der Waals surface area (Å²) in [5.74, 6) is -0.0687. The molecule has 33 heavy (non-hydrogen) atoms. The van der Waals surface area contributed by atoms with Gasteiger partial charge in [0.05, 0.1) is 19.4 Å². The van der Waals surface area contributed by atoms with E-state index in [-0.39, 0.29) is 22.9 Å². The quantitative estimate of drug-likeness (QED) is 0.594. The van der Waals surface area contributed by atoms with Gasteiger partial charge in [0.15, 0.2) is 11.5 Å². The number of hydrogen-bond acceptors (Lipinski definition) is 7. The Morgan fingerprint density at radius 2 is 1.97 bits per heavy atom. The topological polar surface area (TPSA) is 109 Å². The first-order chi connectivity index (χ1) is 15.7. The van der Waals surface area contributed by atoms with Crippen LogP contribution in [0.1, 0.15) is 68.1 Å². The third kappa shape index (κ3) is 4.29. The van der Waals surface area contributed by atoms with Crippen LogP contribution in [0.3, 0.4) is 0 Å². The lowest BCUT2D eigenvalue weighted by Crippen LogP contribution is -2.34. The predicted molar refractivity (Wildman–Crippen MR) is 121 cm³/mol. The summed E-state index contributed by atoms with van der Waals surface area (Å²) < 4.78 is 24.4. The first-order valence-electron chi connectivity index (χ1n) is 11.1. The molecule has 2 aromatic heterocycles. The van der Waals surface area contributed by atoms with Crippen LogP contribution in [0.25, 0.3) is 11.4 Å². The van der Waals surface area contributed by atoms with Crippen LogP contribution < -0.4 is 19.8 Å². The normalized spacial score (nSPS) is 17.1. The Kier molecular flexibility index (Phi) is 6.09. The van der Waals surface area contributed by atoms with Crippen LogP contribution in [-0.4, -0.2) is 48.1 Å². The Morgan fingerprint density at radius 1 is 1.24 bits per heavy atom. The van der Waals surface area contributed by atoms with Crippen molar-refractivity contribution >= 4 is 5.97 Å². The van der Waals surface area contributed by atoms with E-state index in [4.69, 9.17) is 18.9 Å². The minimum Gasteiger partial charge on any atom is -0.488 e. The summed E-state index contributed by atoms with van der Waals surface area (Å²) >= 11 is 0. The molecule has 0 saturated heterocycles. The van der Waals surface area contributed by atoms with E-state index in [0.717, 1.165) is 12.8 Å². The highest BCUT2D eigenvalue weighted by atomic mass is 16.5. The number of methoxy groups -OCH3 is 2. The van der Waals surface area contributed by atoms with E-state index < -0.39 is 17.6 Å². The van der Waals surface area contributed by atoms with Crippen molar-refractivity contribution in [3.63, 3.8) is 0 Å². The lowest BCUT2D eigenvalue weighted by molar-refractivity contribution is 0.0688. The molecule has 2 aromatic rings. The van der Waals surface area contributed by atoms with Gasteiger partial charge in [-0.2, -0.15) is 0 Å². The van der Waals surface area contributed by atoms with Gasteiger partial charge in [-0.1, -0.05) is 20.8 Å². The standard InChI is InChI=1S/C24H30N2O7/c1-24(2,3)20-14-11-15(23(28)29)22(27)26(13-7-8-13)19(14)18-16(33-20)12-17(21(25-18)31-5)32-10-6-9-30-4/h11-13,20H,6-10H2,1-5H3,(H,28,29). The van der Waals surface area contributed by atoms with E-state index in [2.05, 4.69) is 4.98 Å². The molecule has 1 aliphatic carbocycles. The minimum atomic E-state index is -1.25. The first-order valence-corrected chi connectivity index (χ1v) is 11.1. The summed E-state index contributed by atoms with van der Waals surface area (Å²) in [5.41, 5.74) is 0.525. The lowest BCUT2D eigenvalue weighted by atomic mass is 9.81. The number of carbonyl (C=O) groups is 1. The summed E-state index contributed by atoms with van der Waals surface area (Å²) in [6.45, 7) is 7.02. The van der Waals surface area contributed by atoms with Crippen LogP contribution >= 0.6 is 0 Å². The third-order valence-electron chi connectivity index (χ3n) is 5.81. The van der Waals surface area contributed by atoms with Gasteiger partial charge in [-0.15, -0.1) is 0 Å². The van der Waals surface area contributed by atoms with Crippen LogP contribution in [0.2, 0.25) is 0 Å². The predicted octanol–water partition coefficient (Wildman–Crippen LogP) is 3.85. The average molecular weight is 459 g/mol. The number of nitrogens with zero attached hydrogens (tertiary/aromatic N) is 2. The van der Waals surface area contributed by atoms with Crippen molar-refractivity contribution in [1.29, 1.82) is 0 Å². The van der Waals surface area contributed by atoms with Crippen molar-refractivity contribution in [2.75, 3.05) is 27.4 Å². The van der Waals surface area contributed by atoms with Crippen LogP contribution in [0.15, 0.2) is 16.9 Å². The van der Waals surface area contributed by atoms with Crippen molar-refractivity contribution < 1.29 is 28.8 Å². The highest BCUT2D eigenvalue weighted by Crippen LogP contribution is 2.51. The summed E-state index contributed by atoms with van der Waals surface area (Å²) in [5, 5.41) is 9.70. The molecule has 9 heteroatoms. The maximum atomic E-state index is 13.2. The number of aromatic nitrogens is 2. The van der Waals surface area contributed by atoms with Crippen molar-refractivity contribution in [2.24, 2.45) is 5.41 Å². The molecule has 1 aliphatic heterocycles. The second kappa shape index (κ2) is 8.70. The summed E-state index contributed by atoms with van der Waals surface area (Å²) in [4.78, 5) is 29.7. The molecule has 0 radical (unpaired) electrons. The number of carboxylic acid groups (broad SMARTS) is 1. The van der Waals surface area contributed by atoms with Crippen molar-refractivity contribution in [1.82, 2.24) is 9.55 Å². The number of pyridine rings is 2. The average Bonchev–Trinajstić information content (AvgIpc) is 3.59. The summed E-state index contributed by atoms with van der Waals surface area (Å²) in [6.07, 6.45) is 1.83. The Morgan fingerprint density at radius 3 is 2.55 bits per heavy atom. The minimum absolute atomic E-state index is 0.0603. The Bertz CT molecular complexity index is 1130. The number of fused-ring (bicyclic) bond motifs is 3. The number of aromatic carboxylic acids is 1. The van der Waals surface area contributed by atoms with Gasteiger partial charge in [0.1, 0.15) is 17.4 Å². The SMILES string of the molecule is COCCCOc1cc2c(nc1OC)-c1c(cc(C(=O)O)c(=O)n1C1CC1)C(C(C)(C)C)O2. The molecule has 1 fully saturated rings. The zero-order valence-electron chi connectivity index (χ0n) is 19.6. The fraction of sp³-hybridized carbons (Fsp3) is 0.542. The molecular weight excluding hydrogens is 428 g/mol. The number of carboxylic acids is 1. The second-order valence-electron chi connectivity index (χ2n) is 9.47. The molecule has 178 valence electrons.